The Morgan fingerprint density at radius 1 is 1.47 bits per heavy atom. The van der Waals surface area contributed by atoms with Crippen LogP contribution in [-0.4, -0.2) is 32.1 Å². The molecule has 0 spiro atoms. The Bertz CT molecular complexity index is 495. The fourth-order valence-corrected chi connectivity index (χ4v) is 1.94. The highest BCUT2D eigenvalue weighted by atomic mass is 79.9. The molecule has 2 aromatic rings. The van der Waals surface area contributed by atoms with Crippen LogP contribution in [-0.2, 0) is 6.54 Å². The van der Waals surface area contributed by atoms with Crippen molar-refractivity contribution in [3.63, 3.8) is 0 Å². The molecule has 2 N–H and O–H groups in total. The molecule has 0 aromatic carbocycles. The fourth-order valence-electron chi connectivity index (χ4n) is 1.63. The van der Waals surface area contributed by atoms with E-state index in [1.54, 1.807) is 6.20 Å². The van der Waals surface area contributed by atoms with Gasteiger partial charge in [-0.15, -0.1) is 0 Å². The molecule has 5 nitrogen and oxygen atoms in total. The first kappa shape index (κ1) is 12.5. The molecule has 0 saturated heterocycles. The molecule has 0 aliphatic heterocycles. The molecule has 0 aliphatic rings. The van der Waals surface area contributed by atoms with Gasteiger partial charge in [-0.05, 0) is 22.4 Å². The van der Waals surface area contributed by atoms with Crippen LogP contribution < -0.4 is 5.32 Å². The van der Waals surface area contributed by atoms with Crippen molar-refractivity contribution in [3.8, 4) is 0 Å². The zero-order valence-corrected chi connectivity index (χ0v) is 11.2. The van der Waals surface area contributed by atoms with E-state index in [1.807, 2.05) is 23.7 Å². The lowest BCUT2D eigenvalue weighted by Crippen LogP contribution is -2.31. The van der Waals surface area contributed by atoms with Crippen molar-refractivity contribution in [2.45, 2.75) is 25.9 Å². The normalized spacial score (nSPS) is 13.1. The van der Waals surface area contributed by atoms with Crippen molar-refractivity contribution < 1.29 is 5.11 Å². The number of aliphatic hydroxyl groups excluding tert-OH is 1. The minimum Gasteiger partial charge on any atom is -0.395 e. The summed E-state index contributed by atoms with van der Waals surface area (Å²) in [5.41, 5.74) is 1.87. The van der Waals surface area contributed by atoms with Crippen LogP contribution in [0.15, 0.2) is 23.2 Å². The zero-order chi connectivity index (χ0) is 12.3. The van der Waals surface area contributed by atoms with Gasteiger partial charge < -0.3 is 10.4 Å². The maximum Gasteiger partial charge on any atom is 0.155 e. The molecule has 92 valence electrons. The molecule has 0 radical (unpaired) electrons. The third-order valence-corrected chi connectivity index (χ3v) is 3.14. The highest BCUT2D eigenvalue weighted by molar-refractivity contribution is 9.10. The van der Waals surface area contributed by atoms with Crippen molar-refractivity contribution in [2.24, 2.45) is 0 Å². The Kier molecular flexibility index (Phi) is 4.09. The summed E-state index contributed by atoms with van der Waals surface area (Å²) in [5.74, 6) is 0. The molecule has 2 rings (SSSR count). The Labute approximate surface area is 108 Å². The maximum atomic E-state index is 9.11. The number of aromatic nitrogens is 3. The average Bonchev–Trinajstić information content (AvgIpc) is 2.73. The first-order valence-corrected chi connectivity index (χ1v) is 6.35. The lowest BCUT2D eigenvalue weighted by molar-refractivity contribution is 0.238. The largest absolute Gasteiger partial charge is 0.395 e. The number of nitrogens with zero attached hydrogens (tertiary/aromatic N) is 3. The van der Waals surface area contributed by atoms with Gasteiger partial charge in [-0.1, -0.05) is 6.92 Å². The predicted molar refractivity (Wildman–Crippen MR) is 68.7 cm³/mol. The minimum atomic E-state index is 0.130. The van der Waals surface area contributed by atoms with Gasteiger partial charge in [-0.25, -0.2) is 9.97 Å². The molecule has 0 unspecified atom stereocenters. The Morgan fingerprint density at radius 3 is 3.00 bits per heavy atom. The molecular weight excluding hydrogens is 284 g/mol. The summed E-state index contributed by atoms with van der Waals surface area (Å²) in [4.78, 5) is 8.39. The monoisotopic (exact) mass is 298 g/mol. The smallest absolute Gasteiger partial charge is 0.155 e. The van der Waals surface area contributed by atoms with Crippen LogP contribution in [0, 0.1) is 0 Å². The summed E-state index contributed by atoms with van der Waals surface area (Å²) in [5, 5.41) is 12.4. The third kappa shape index (κ3) is 2.83. The zero-order valence-electron chi connectivity index (χ0n) is 9.60. The van der Waals surface area contributed by atoms with Crippen LogP contribution in [0.1, 0.15) is 19.0 Å². The summed E-state index contributed by atoms with van der Waals surface area (Å²) in [6.45, 7) is 2.87. The number of aliphatic hydroxyl groups is 1. The number of halogens is 1. The number of imidazole rings is 1. The topological polar surface area (TPSA) is 62.5 Å². The third-order valence-electron chi connectivity index (χ3n) is 2.73. The summed E-state index contributed by atoms with van der Waals surface area (Å²) in [7, 11) is 0. The van der Waals surface area contributed by atoms with E-state index in [4.69, 9.17) is 5.11 Å². The second-order valence-electron chi connectivity index (χ2n) is 3.86. The van der Waals surface area contributed by atoms with Crippen LogP contribution in [0.2, 0.25) is 0 Å². The van der Waals surface area contributed by atoms with Gasteiger partial charge in [0, 0.05) is 18.8 Å². The number of nitrogens with one attached hydrogen (secondary N) is 1. The van der Waals surface area contributed by atoms with Crippen LogP contribution in [0.25, 0.3) is 5.65 Å². The SMILES string of the molecule is CC[C@@H](CO)NCc1cnc2cnc(Br)cn12. The highest BCUT2D eigenvalue weighted by Gasteiger charge is 2.07. The van der Waals surface area contributed by atoms with Crippen LogP contribution in [0.5, 0.6) is 0 Å². The van der Waals surface area contributed by atoms with Gasteiger partial charge in [0.1, 0.15) is 4.60 Å². The summed E-state index contributed by atoms with van der Waals surface area (Å²) >= 11 is 3.34. The minimum absolute atomic E-state index is 0.130. The first-order chi connectivity index (χ1) is 8.24. The van der Waals surface area contributed by atoms with Gasteiger partial charge in [0.2, 0.25) is 0 Å². The van der Waals surface area contributed by atoms with E-state index < -0.39 is 0 Å². The van der Waals surface area contributed by atoms with Crippen molar-refractivity contribution in [2.75, 3.05) is 6.61 Å². The summed E-state index contributed by atoms with van der Waals surface area (Å²) in [6.07, 6.45) is 6.33. The second-order valence-corrected chi connectivity index (χ2v) is 4.67. The van der Waals surface area contributed by atoms with Crippen molar-refractivity contribution in [3.05, 3.63) is 28.9 Å². The Morgan fingerprint density at radius 2 is 2.29 bits per heavy atom. The Hall–Kier alpha value is -0.980. The van der Waals surface area contributed by atoms with E-state index in [0.717, 1.165) is 22.4 Å². The van der Waals surface area contributed by atoms with Gasteiger partial charge in [-0.3, -0.25) is 4.40 Å². The van der Waals surface area contributed by atoms with Crippen LogP contribution in [0.3, 0.4) is 0 Å². The van der Waals surface area contributed by atoms with Gasteiger partial charge >= 0.3 is 0 Å². The van der Waals surface area contributed by atoms with E-state index in [-0.39, 0.29) is 12.6 Å². The molecule has 2 aromatic heterocycles. The molecule has 17 heavy (non-hydrogen) atoms. The second kappa shape index (κ2) is 5.57. The number of fused-ring (bicyclic) bond motifs is 1. The van der Waals surface area contributed by atoms with Crippen LogP contribution in [0.4, 0.5) is 0 Å². The van der Waals surface area contributed by atoms with Crippen molar-refractivity contribution >= 4 is 21.6 Å². The van der Waals surface area contributed by atoms with E-state index in [0.29, 0.717) is 6.54 Å². The molecule has 6 heteroatoms. The molecule has 0 aliphatic carbocycles. The average molecular weight is 299 g/mol. The molecule has 0 bridgehead atoms. The molecule has 2 heterocycles. The van der Waals surface area contributed by atoms with Gasteiger partial charge in [0.15, 0.2) is 5.65 Å². The molecule has 0 saturated carbocycles. The summed E-state index contributed by atoms with van der Waals surface area (Å²) < 4.78 is 2.76. The van der Waals surface area contributed by atoms with E-state index in [1.165, 1.54) is 0 Å². The molecule has 0 amide bonds. The van der Waals surface area contributed by atoms with Crippen LogP contribution >= 0.6 is 15.9 Å². The van der Waals surface area contributed by atoms with Gasteiger partial charge in [-0.2, -0.15) is 0 Å². The van der Waals surface area contributed by atoms with E-state index >= 15 is 0 Å². The van der Waals surface area contributed by atoms with Crippen molar-refractivity contribution in [1.29, 1.82) is 0 Å². The lowest BCUT2D eigenvalue weighted by atomic mass is 10.2. The van der Waals surface area contributed by atoms with Gasteiger partial charge in [0.25, 0.3) is 0 Å². The van der Waals surface area contributed by atoms with E-state index in [2.05, 4.69) is 31.2 Å². The summed E-state index contributed by atoms with van der Waals surface area (Å²) in [6, 6.07) is 0.130. The maximum absolute atomic E-state index is 9.11. The fraction of sp³-hybridized carbons (Fsp3) is 0.455. The molecular formula is C11H15BrN4O. The standard InChI is InChI=1S/C11H15BrN4O/c1-2-8(7-17)13-3-9-4-15-11-5-14-10(12)6-16(9)11/h4-6,8,13,17H,2-3,7H2,1H3/t8-/m0/s1. The quantitative estimate of drug-likeness (QED) is 0.875. The number of hydrogen-bond donors (Lipinski definition) is 2. The molecule has 1 atom stereocenters. The predicted octanol–water partition coefficient (Wildman–Crippen LogP) is 1.35. The van der Waals surface area contributed by atoms with Crippen molar-refractivity contribution in [1.82, 2.24) is 19.7 Å². The number of rotatable bonds is 5. The van der Waals surface area contributed by atoms with E-state index in [9.17, 15) is 0 Å². The highest BCUT2D eigenvalue weighted by Crippen LogP contribution is 2.10. The first-order valence-electron chi connectivity index (χ1n) is 5.56. The lowest BCUT2D eigenvalue weighted by Gasteiger charge is -2.13. The number of hydrogen-bond acceptors (Lipinski definition) is 4. The van der Waals surface area contributed by atoms with Gasteiger partial charge in [0.05, 0.1) is 24.7 Å². The molecule has 0 fully saturated rings. The Balaban J connectivity index is 2.16.